The van der Waals surface area contributed by atoms with Crippen LogP contribution in [-0.4, -0.2) is 31.9 Å². The zero-order valence-electron chi connectivity index (χ0n) is 10.9. The van der Waals surface area contributed by atoms with Gasteiger partial charge in [-0.2, -0.15) is 0 Å². The first-order chi connectivity index (χ1) is 9.13. The highest BCUT2D eigenvalue weighted by molar-refractivity contribution is 5.52. The highest BCUT2D eigenvalue weighted by Crippen LogP contribution is 2.39. The summed E-state index contributed by atoms with van der Waals surface area (Å²) in [5.74, 6) is -0.971. The van der Waals surface area contributed by atoms with Gasteiger partial charge in [-0.15, -0.1) is 0 Å². The fraction of sp³-hybridized carbons (Fsp3) is 0.571. The molecule has 0 saturated carbocycles. The Hall–Kier alpha value is -1.36. The van der Waals surface area contributed by atoms with Crippen LogP contribution in [0.5, 0.6) is 5.75 Å². The van der Waals surface area contributed by atoms with Gasteiger partial charge in [0.05, 0.1) is 24.5 Å². The Morgan fingerprint density at radius 3 is 2.53 bits per heavy atom. The Balaban J connectivity index is 1.78. The van der Waals surface area contributed by atoms with Gasteiger partial charge in [0.1, 0.15) is 5.82 Å². The minimum atomic E-state index is -0.513. The van der Waals surface area contributed by atoms with Crippen molar-refractivity contribution in [3.8, 4) is 5.75 Å². The SMILES string of the molecule is CCOc1cc(F)c(N2CCC3(CC2)CO3)cc1F. The van der Waals surface area contributed by atoms with Crippen molar-refractivity contribution in [1.82, 2.24) is 0 Å². The predicted octanol–water partition coefficient (Wildman–Crippen LogP) is 2.73. The molecule has 19 heavy (non-hydrogen) atoms. The average Bonchev–Trinajstić information content (AvgIpc) is 3.15. The lowest BCUT2D eigenvalue weighted by molar-refractivity contribution is 0.258. The number of anilines is 1. The molecule has 1 spiro atoms. The Bertz CT molecular complexity index is 479. The average molecular weight is 269 g/mol. The van der Waals surface area contributed by atoms with Crippen LogP contribution >= 0.6 is 0 Å². The number of epoxide rings is 1. The fourth-order valence-corrected chi connectivity index (χ4v) is 2.57. The third-order valence-electron chi connectivity index (χ3n) is 3.87. The third kappa shape index (κ3) is 2.39. The van der Waals surface area contributed by atoms with Crippen molar-refractivity contribution in [1.29, 1.82) is 0 Å². The lowest BCUT2D eigenvalue weighted by Crippen LogP contribution is -2.38. The van der Waals surface area contributed by atoms with Crippen LogP contribution in [0.1, 0.15) is 19.8 Å². The maximum Gasteiger partial charge on any atom is 0.167 e. The number of piperidine rings is 1. The van der Waals surface area contributed by atoms with Gasteiger partial charge < -0.3 is 14.4 Å². The molecule has 0 amide bonds. The molecule has 1 aromatic rings. The summed E-state index contributed by atoms with van der Waals surface area (Å²) in [6.07, 6.45) is 1.75. The lowest BCUT2D eigenvalue weighted by Gasteiger charge is -2.32. The quantitative estimate of drug-likeness (QED) is 0.789. The first kappa shape index (κ1) is 12.7. The van der Waals surface area contributed by atoms with Crippen molar-refractivity contribution < 1.29 is 18.3 Å². The van der Waals surface area contributed by atoms with Crippen LogP contribution in [0, 0.1) is 11.6 Å². The molecule has 0 atom stereocenters. The van der Waals surface area contributed by atoms with Gasteiger partial charge in [0, 0.05) is 25.2 Å². The summed E-state index contributed by atoms with van der Waals surface area (Å²) >= 11 is 0. The second-order valence-corrected chi connectivity index (χ2v) is 5.13. The number of benzene rings is 1. The van der Waals surface area contributed by atoms with E-state index in [0.29, 0.717) is 25.4 Å². The van der Waals surface area contributed by atoms with Crippen LogP contribution in [0.25, 0.3) is 0 Å². The Labute approximate surface area is 111 Å². The highest BCUT2D eigenvalue weighted by atomic mass is 19.1. The molecule has 0 aliphatic carbocycles. The monoisotopic (exact) mass is 269 g/mol. The molecule has 0 aromatic heterocycles. The fourth-order valence-electron chi connectivity index (χ4n) is 2.57. The van der Waals surface area contributed by atoms with Gasteiger partial charge in [-0.25, -0.2) is 8.78 Å². The van der Waals surface area contributed by atoms with E-state index in [0.717, 1.165) is 25.5 Å². The summed E-state index contributed by atoms with van der Waals surface area (Å²) in [5.41, 5.74) is 0.355. The smallest absolute Gasteiger partial charge is 0.167 e. The van der Waals surface area contributed by atoms with E-state index < -0.39 is 11.6 Å². The topological polar surface area (TPSA) is 25.0 Å². The number of ether oxygens (including phenoxy) is 2. The summed E-state index contributed by atoms with van der Waals surface area (Å²) in [6, 6.07) is 2.36. The van der Waals surface area contributed by atoms with Crippen LogP contribution < -0.4 is 9.64 Å². The second kappa shape index (κ2) is 4.63. The van der Waals surface area contributed by atoms with Gasteiger partial charge in [0.25, 0.3) is 0 Å². The molecule has 1 aromatic carbocycles. The van der Waals surface area contributed by atoms with E-state index in [1.54, 1.807) is 6.92 Å². The summed E-state index contributed by atoms with van der Waals surface area (Å²) in [4.78, 5) is 1.88. The van der Waals surface area contributed by atoms with E-state index in [4.69, 9.17) is 9.47 Å². The number of hydrogen-bond acceptors (Lipinski definition) is 3. The van der Waals surface area contributed by atoms with E-state index in [1.807, 2.05) is 4.90 Å². The van der Waals surface area contributed by atoms with Crippen molar-refractivity contribution in [2.75, 3.05) is 31.2 Å². The van der Waals surface area contributed by atoms with E-state index in [-0.39, 0.29) is 11.4 Å². The van der Waals surface area contributed by atoms with Crippen LogP contribution in [0.4, 0.5) is 14.5 Å². The molecule has 5 heteroatoms. The molecule has 104 valence electrons. The van der Waals surface area contributed by atoms with Crippen LogP contribution in [-0.2, 0) is 4.74 Å². The van der Waals surface area contributed by atoms with Gasteiger partial charge in [0.15, 0.2) is 11.6 Å². The minimum absolute atomic E-state index is 0.0252. The number of rotatable bonds is 3. The van der Waals surface area contributed by atoms with Crippen molar-refractivity contribution >= 4 is 5.69 Å². The van der Waals surface area contributed by atoms with E-state index in [9.17, 15) is 8.78 Å². The van der Waals surface area contributed by atoms with Gasteiger partial charge in [-0.1, -0.05) is 0 Å². The van der Waals surface area contributed by atoms with Gasteiger partial charge in [-0.05, 0) is 19.8 Å². The van der Waals surface area contributed by atoms with E-state index in [1.165, 1.54) is 6.07 Å². The summed E-state index contributed by atoms with van der Waals surface area (Å²) in [5, 5.41) is 0. The number of nitrogens with zero attached hydrogens (tertiary/aromatic N) is 1. The predicted molar refractivity (Wildman–Crippen MR) is 67.7 cm³/mol. The first-order valence-electron chi connectivity index (χ1n) is 6.64. The standard InChI is InChI=1S/C14H17F2NO2/c1-2-18-13-8-10(15)12(7-11(13)16)17-5-3-14(4-6-17)9-19-14/h7-8H,2-6,9H2,1H3. The molecule has 3 nitrogen and oxygen atoms in total. The molecular weight excluding hydrogens is 252 g/mol. The zero-order chi connectivity index (χ0) is 13.5. The van der Waals surface area contributed by atoms with Crippen LogP contribution in [0.15, 0.2) is 12.1 Å². The Morgan fingerprint density at radius 1 is 1.26 bits per heavy atom. The maximum absolute atomic E-state index is 14.0. The Morgan fingerprint density at radius 2 is 1.95 bits per heavy atom. The first-order valence-corrected chi connectivity index (χ1v) is 6.64. The second-order valence-electron chi connectivity index (χ2n) is 5.13. The number of hydrogen-bond donors (Lipinski definition) is 0. The molecule has 0 N–H and O–H groups in total. The molecule has 3 rings (SSSR count). The summed E-state index contributed by atoms with van der Waals surface area (Å²) in [7, 11) is 0. The zero-order valence-corrected chi connectivity index (χ0v) is 10.9. The van der Waals surface area contributed by atoms with E-state index in [2.05, 4.69) is 0 Å². The van der Waals surface area contributed by atoms with Crippen molar-refractivity contribution in [3.63, 3.8) is 0 Å². The van der Waals surface area contributed by atoms with E-state index >= 15 is 0 Å². The molecule has 2 saturated heterocycles. The number of halogens is 2. The van der Waals surface area contributed by atoms with Crippen LogP contribution in [0.2, 0.25) is 0 Å². The summed E-state index contributed by atoms with van der Waals surface area (Å²) in [6.45, 7) is 4.26. The van der Waals surface area contributed by atoms with Crippen molar-refractivity contribution in [3.05, 3.63) is 23.8 Å². The van der Waals surface area contributed by atoms with Gasteiger partial charge in [0.2, 0.25) is 0 Å². The lowest BCUT2D eigenvalue weighted by atomic mass is 9.97. The molecule has 0 unspecified atom stereocenters. The minimum Gasteiger partial charge on any atom is -0.491 e. The Kier molecular flexibility index (Phi) is 3.09. The largest absolute Gasteiger partial charge is 0.491 e. The normalized spacial score (nSPS) is 20.7. The van der Waals surface area contributed by atoms with Crippen molar-refractivity contribution in [2.24, 2.45) is 0 Å². The molecule has 0 radical (unpaired) electrons. The molecular formula is C14H17F2NO2. The molecule has 2 heterocycles. The molecule has 0 bridgehead atoms. The molecule has 2 fully saturated rings. The van der Waals surface area contributed by atoms with Crippen LogP contribution in [0.3, 0.4) is 0 Å². The molecule has 2 aliphatic rings. The third-order valence-corrected chi connectivity index (χ3v) is 3.87. The summed E-state index contributed by atoms with van der Waals surface area (Å²) < 4.78 is 38.3. The molecule has 2 aliphatic heterocycles. The van der Waals surface area contributed by atoms with Gasteiger partial charge >= 0.3 is 0 Å². The highest BCUT2D eigenvalue weighted by Gasteiger charge is 2.46. The maximum atomic E-state index is 14.0. The van der Waals surface area contributed by atoms with Crippen molar-refractivity contribution in [2.45, 2.75) is 25.4 Å². The van der Waals surface area contributed by atoms with Gasteiger partial charge in [-0.3, -0.25) is 0 Å².